The highest BCUT2D eigenvalue weighted by atomic mass is 35.5. The Hall–Kier alpha value is -2.94. The minimum Gasteiger partial charge on any atom is -0.495 e. The number of halogens is 2. The molecule has 2 atom stereocenters. The predicted molar refractivity (Wildman–Crippen MR) is 125 cm³/mol. The third kappa shape index (κ3) is 6.54. The standard InChI is InChI=1S/C24H24ClFN2O4S/c1-16(18-8-10-19(26)11-9-18)27-24(29)22(14-17-6-4-3-5-7-17)28-33(30,31)20-12-13-23(32-2)21(25)15-20/h3-13,15-16,22,28H,14H2,1-2H3,(H,27,29). The van der Waals surface area contributed by atoms with Crippen LogP contribution in [0.4, 0.5) is 4.39 Å². The zero-order valence-electron chi connectivity index (χ0n) is 18.1. The Balaban J connectivity index is 1.84. The van der Waals surface area contributed by atoms with Crippen LogP contribution < -0.4 is 14.8 Å². The van der Waals surface area contributed by atoms with Crippen molar-refractivity contribution in [3.05, 3.63) is 94.8 Å². The monoisotopic (exact) mass is 490 g/mol. The summed E-state index contributed by atoms with van der Waals surface area (Å²) in [5.41, 5.74) is 1.47. The molecule has 9 heteroatoms. The second kappa shape index (κ2) is 10.8. The van der Waals surface area contributed by atoms with Crippen molar-refractivity contribution in [2.24, 2.45) is 0 Å². The first-order valence-electron chi connectivity index (χ1n) is 10.1. The molecule has 6 nitrogen and oxygen atoms in total. The largest absolute Gasteiger partial charge is 0.495 e. The Morgan fingerprint density at radius 1 is 1.06 bits per heavy atom. The van der Waals surface area contributed by atoms with Gasteiger partial charge in [0.05, 0.1) is 23.1 Å². The first-order valence-corrected chi connectivity index (χ1v) is 12.0. The summed E-state index contributed by atoms with van der Waals surface area (Å²) in [6.45, 7) is 1.74. The molecular weight excluding hydrogens is 467 g/mol. The van der Waals surface area contributed by atoms with E-state index in [0.29, 0.717) is 11.3 Å². The molecule has 0 radical (unpaired) electrons. The van der Waals surface area contributed by atoms with Gasteiger partial charge in [-0.2, -0.15) is 4.72 Å². The molecule has 0 bridgehead atoms. The van der Waals surface area contributed by atoms with Crippen molar-refractivity contribution in [2.75, 3.05) is 7.11 Å². The van der Waals surface area contributed by atoms with E-state index in [4.69, 9.17) is 16.3 Å². The van der Waals surface area contributed by atoms with Gasteiger partial charge in [0.1, 0.15) is 17.6 Å². The van der Waals surface area contributed by atoms with Gasteiger partial charge in [-0.1, -0.05) is 54.1 Å². The number of sulfonamides is 1. The van der Waals surface area contributed by atoms with Crippen LogP contribution in [0.3, 0.4) is 0 Å². The van der Waals surface area contributed by atoms with Gasteiger partial charge in [0.15, 0.2) is 0 Å². The van der Waals surface area contributed by atoms with Crippen molar-refractivity contribution in [2.45, 2.75) is 30.3 Å². The van der Waals surface area contributed by atoms with Crippen LogP contribution in [0.1, 0.15) is 24.1 Å². The minimum absolute atomic E-state index is 0.0919. The maximum Gasteiger partial charge on any atom is 0.241 e. The summed E-state index contributed by atoms with van der Waals surface area (Å²) in [6.07, 6.45) is 0.131. The molecule has 3 aromatic rings. The number of hydrogen-bond donors (Lipinski definition) is 2. The van der Waals surface area contributed by atoms with Crippen LogP contribution in [0.5, 0.6) is 5.75 Å². The topological polar surface area (TPSA) is 84.5 Å². The first-order chi connectivity index (χ1) is 15.7. The minimum atomic E-state index is -4.08. The molecule has 3 rings (SSSR count). The van der Waals surface area contributed by atoms with Gasteiger partial charge in [-0.05, 0) is 54.8 Å². The number of methoxy groups -OCH3 is 1. The zero-order chi connectivity index (χ0) is 24.0. The molecule has 0 heterocycles. The van der Waals surface area contributed by atoms with Crippen LogP contribution in [0.2, 0.25) is 5.02 Å². The predicted octanol–water partition coefficient (Wildman–Crippen LogP) is 4.25. The summed E-state index contributed by atoms with van der Waals surface area (Å²) in [6, 6.07) is 17.3. The van der Waals surface area contributed by atoms with Crippen molar-refractivity contribution < 1.29 is 22.3 Å². The maximum atomic E-state index is 13.2. The highest BCUT2D eigenvalue weighted by molar-refractivity contribution is 7.89. The van der Waals surface area contributed by atoms with Crippen molar-refractivity contribution in [3.8, 4) is 5.75 Å². The summed E-state index contributed by atoms with van der Waals surface area (Å²) in [4.78, 5) is 13.0. The van der Waals surface area contributed by atoms with Crippen LogP contribution in [0, 0.1) is 5.82 Å². The number of carbonyl (C=O) groups excluding carboxylic acids is 1. The maximum absolute atomic E-state index is 13.2. The van der Waals surface area contributed by atoms with Crippen LogP contribution in [-0.4, -0.2) is 27.5 Å². The van der Waals surface area contributed by atoms with E-state index in [0.717, 1.165) is 5.56 Å². The second-order valence-electron chi connectivity index (χ2n) is 7.44. The third-order valence-corrected chi connectivity index (χ3v) is 6.82. The van der Waals surface area contributed by atoms with E-state index in [1.165, 1.54) is 37.4 Å². The Labute approximate surface area is 197 Å². The number of amides is 1. The Morgan fingerprint density at radius 2 is 1.73 bits per heavy atom. The Morgan fingerprint density at radius 3 is 2.33 bits per heavy atom. The van der Waals surface area contributed by atoms with Gasteiger partial charge in [0.25, 0.3) is 0 Å². The molecule has 0 spiro atoms. The number of nitrogens with one attached hydrogen (secondary N) is 2. The van der Waals surface area contributed by atoms with Crippen LogP contribution in [-0.2, 0) is 21.2 Å². The van der Waals surface area contributed by atoms with E-state index in [-0.39, 0.29) is 22.2 Å². The van der Waals surface area contributed by atoms with Gasteiger partial charge in [-0.3, -0.25) is 4.79 Å². The number of hydrogen-bond acceptors (Lipinski definition) is 4. The summed E-state index contributed by atoms with van der Waals surface area (Å²) in [5.74, 6) is -0.564. The fourth-order valence-corrected chi connectivity index (χ4v) is 4.80. The highest BCUT2D eigenvalue weighted by Gasteiger charge is 2.27. The quantitative estimate of drug-likeness (QED) is 0.469. The number of carbonyl (C=O) groups is 1. The average Bonchev–Trinajstić information content (AvgIpc) is 2.79. The summed E-state index contributed by atoms with van der Waals surface area (Å²) in [7, 11) is -2.65. The fraction of sp³-hybridized carbons (Fsp3) is 0.208. The normalized spacial score (nSPS) is 13.2. The van der Waals surface area contributed by atoms with Gasteiger partial charge in [0.2, 0.25) is 15.9 Å². The molecule has 2 unspecified atom stereocenters. The van der Waals surface area contributed by atoms with E-state index >= 15 is 0 Å². The molecule has 1 amide bonds. The SMILES string of the molecule is COc1ccc(S(=O)(=O)NC(Cc2ccccc2)C(=O)NC(C)c2ccc(F)cc2)cc1Cl. The van der Waals surface area contributed by atoms with Gasteiger partial charge < -0.3 is 10.1 Å². The summed E-state index contributed by atoms with van der Waals surface area (Å²) >= 11 is 6.09. The summed E-state index contributed by atoms with van der Waals surface area (Å²) in [5, 5.41) is 2.94. The first kappa shape index (κ1) is 24.7. The molecule has 0 aliphatic heterocycles. The molecule has 2 N–H and O–H groups in total. The Bertz CT molecular complexity index is 1200. The molecule has 0 aliphatic rings. The molecular formula is C24H24ClFN2O4S. The molecule has 0 aliphatic carbocycles. The lowest BCUT2D eigenvalue weighted by molar-refractivity contribution is -0.123. The van der Waals surface area contributed by atoms with E-state index < -0.39 is 28.0 Å². The van der Waals surface area contributed by atoms with Crippen molar-refractivity contribution >= 4 is 27.5 Å². The fourth-order valence-electron chi connectivity index (χ4n) is 3.26. The van der Waals surface area contributed by atoms with E-state index in [2.05, 4.69) is 10.0 Å². The average molecular weight is 491 g/mol. The number of ether oxygens (including phenoxy) is 1. The molecule has 33 heavy (non-hydrogen) atoms. The van der Waals surface area contributed by atoms with E-state index in [9.17, 15) is 17.6 Å². The van der Waals surface area contributed by atoms with Crippen LogP contribution in [0.25, 0.3) is 0 Å². The highest BCUT2D eigenvalue weighted by Crippen LogP contribution is 2.27. The van der Waals surface area contributed by atoms with Crippen LogP contribution >= 0.6 is 11.6 Å². The summed E-state index contributed by atoms with van der Waals surface area (Å²) < 4.78 is 46.9. The van der Waals surface area contributed by atoms with Gasteiger partial charge in [-0.15, -0.1) is 0 Å². The van der Waals surface area contributed by atoms with Gasteiger partial charge >= 0.3 is 0 Å². The molecule has 0 fully saturated rings. The number of rotatable bonds is 9. The second-order valence-corrected chi connectivity index (χ2v) is 9.56. The third-order valence-electron chi connectivity index (χ3n) is 5.06. The molecule has 0 saturated carbocycles. The lowest BCUT2D eigenvalue weighted by Gasteiger charge is -2.22. The Kier molecular flexibility index (Phi) is 8.07. The van der Waals surface area contributed by atoms with Gasteiger partial charge in [0, 0.05) is 0 Å². The zero-order valence-corrected chi connectivity index (χ0v) is 19.7. The number of benzene rings is 3. The van der Waals surface area contributed by atoms with Crippen LogP contribution in [0.15, 0.2) is 77.7 Å². The lowest BCUT2D eigenvalue weighted by Crippen LogP contribution is -2.48. The lowest BCUT2D eigenvalue weighted by atomic mass is 10.0. The van der Waals surface area contributed by atoms with Crippen molar-refractivity contribution in [1.29, 1.82) is 0 Å². The van der Waals surface area contributed by atoms with Crippen molar-refractivity contribution in [3.63, 3.8) is 0 Å². The van der Waals surface area contributed by atoms with Crippen molar-refractivity contribution in [1.82, 2.24) is 10.0 Å². The molecule has 0 saturated heterocycles. The molecule has 0 aromatic heterocycles. The molecule has 3 aromatic carbocycles. The van der Waals surface area contributed by atoms with E-state index in [1.54, 1.807) is 19.1 Å². The van der Waals surface area contributed by atoms with E-state index in [1.807, 2.05) is 30.3 Å². The van der Waals surface area contributed by atoms with Gasteiger partial charge in [-0.25, -0.2) is 12.8 Å². The molecule has 174 valence electrons. The smallest absolute Gasteiger partial charge is 0.241 e.